The second-order valence-corrected chi connectivity index (χ2v) is 4.69. The third-order valence-electron chi connectivity index (χ3n) is 1.53. The summed E-state index contributed by atoms with van der Waals surface area (Å²) in [5.41, 5.74) is -0.0651. The summed E-state index contributed by atoms with van der Waals surface area (Å²) in [5.74, 6) is -0.00908. The maximum absolute atomic E-state index is 10.5. The van der Waals surface area contributed by atoms with Gasteiger partial charge >= 0.3 is 5.97 Å². The predicted octanol–water partition coefficient (Wildman–Crippen LogP) is 2.12. The van der Waals surface area contributed by atoms with Gasteiger partial charge in [0.25, 0.3) is 0 Å². The highest BCUT2D eigenvalue weighted by Gasteiger charge is 2.10. The van der Waals surface area contributed by atoms with E-state index in [0.29, 0.717) is 11.5 Å². The van der Waals surface area contributed by atoms with Crippen molar-refractivity contribution in [1.82, 2.24) is 10.1 Å². The fourth-order valence-electron chi connectivity index (χ4n) is 0.896. The number of nitrogens with zero attached hydrogens (tertiary/aromatic N) is 2. The summed E-state index contributed by atoms with van der Waals surface area (Å²) in [6.07, 6.45) is 1.72. The monoisotopic (exact) mass is 242 g/mol. The Bertz CT molecular complexity index is 452. The average molecular weight is 242 g/mol. The van der Waals surface area contributed by atoms with Crippen LogP contribution in [0.1, 0.15) is 16.2 Å². The molecule has 2 aromatic rings. The van der Waals surface area contributed by atoms with Gasteiger partial charge in [-0.2, -0.15) is 0 Å². The van der Waals surface area contributed by atoms with Gasteiger partial charge in [-0.3, -0.25) is 0 Å². The normalized spacial score (nSPS) is 10.4. The molecule has 0 unspecified atom stereocenters. The van der Waals surface area contributed by atoms with Crippen molar-refractivity contribution >= 4 is 29.1 Å². The molecule has 7 heteroatoms. The number of carbonyl (C=O) groups is 1. The summed E-state index contributed by atoms with van der Waals surface area (Å²) in [6.45, 7) is 0. The molecule has 0 spiro atoms. The number of carboxylic acids is 1. The van der Waals surface area contributed by atoms with Crippen LogP contribution in [0.3, 0.4) is 0 Å². The molecule has 0 fully saturated rings. The zero-order valence-electron chi connectivity index (χ0n) is 7.41. The summed E-state index contributed by atoms with van der Waals surface area (Å²) >= 11 is 3.01. The van der Waals surface area contributed by atoms with E-state index in [9.17, 15) is 4.79 Å². The molecule has 2 heterocycles. The van der Waals surface area contributed by atoms with Crippen molar-refractivity contribution in [3.63, 3.8) is 0 Å². The number of thioether (sulfide) groups is 1. The fraction of sp³-hybridized carbons (Fsp3) is 0.125. The Labute approximate surface area is 93.1 Å². The Balaban J connectivity index is 1.96. The molecule has 0 atom stereocenters. The maximum Gasteiger partial charge on any atom is 0.358 e. The molecule has 0 saturated carbocycles. The number of aromatic nitrogens is 2. The van der Waals surface area contributed by atoms with Crippen molar-refractivity contribution in [3.05, 3.63) is 29.1 Å². The van der Waals surface area contributed by atoms with E-state index in [0.717, 1.165) is 4.34 Å². The Kier molecular flexibility index (Phi) is 3.02. The van der Waals surface area contributed by atoms with Crippen molar-refractivity contribution in [2.45, 2.75) is 10.1 Å². The van der Waals surface area contributed by atoms with Crippen molar-refractivity contribution < 1.29 is 14.4 Å². The summed E-state index contributed by atoms with van der Waals surface area (Å²) in [7, 11) is 0. The maximum atomic E-state index is 10.5. The van der Waals surface area contributed by atoms with Gasteiger partial charge in [0.1, 0.15) is 10.1 Å². The molecule has 2 rings (SSSR count). The van der Waals surface area contributed by atoms with E-state index in [4.69, 9.17) is 9.63 Å². The van der Waals surface area contributed by atoms with E-state index < -0.39 is 5.97 Å². The van der Waals surface area contributed by atoms with Crippen molar-refractivity contribution in [2.75, 3.05) is 0 Å². The molecule has 1 N–H and O–H groups in total. The van der Waals surface area contributed by atoms with Gasteiger partial charge in [0, 0.05) is 17.6 Å². The predicted molar refractivity (Wildman–Crippen MR) is 55.1 cm³/mol. The van der Waals surface area contributed by atoms with Crippen LogP contribution in [-0.2, 0) is 5.75 Å². The van der Waals surface area contributed by atoms with Gasteiger partial charge in [0.05, 0.1) is 5.75 Å². The molecule has 0 bridgehead atoms. The smallest absolute Gasteiger partial charge is 0.358 e. The molecule has 0 amide bonds. The number of aromatic carboxylic acids is 1. The van der Waals surface area contributed by atoms with Crippen LogP contribution in [0.2, 0.25) is 0 Å². The van der Waals surface area contributed by atoms with E-state index in [2.05, 4.69) is 10.1 Å². The molecule has 0 aliphatic heterocycles. The molecule has 15 heavy (non-hydrogen) atoms. The molecule has 2 aromatic heterocycles. The van der Waals surface area contributed by atoms with Crippen molar-refractivity contribution in [2.24, 2.45) is 0 Å². The number of hydrogen-bond acceptors (Lipinski definition) is 6. The second kappa shape index (κ2) is 4.45. The number of carboxylic acid groups (broad SMARTS) is 1. The zero-order valence-corrected chi connectivity index (χ0v) is 9.05. The van der Waals surface area contributed by atoms with Crippen LogP contribution < -0.4 is 0 Å². The SMILES string of the molecule is O=C(O)c1cc(CSc2nccs2)on1. The Morgan fingerprint density at radius 3 is 3.13 bits per heavy atom. The fourth-order valence-corrected chi connectivity index (χ4v) is 2.41. The first-order chi connectivity index (χ1) is 7.25. The van der Waals surface area contributed by atoms with E-state index in [1.54, 1.807) is 6.20 Å². The Morgan fingerprint density at radius 1 is 1.67 bits per heavy atom. The molecule has 0 aliphatic carbocycles. The standard InChI is InChI=1S/C8H6N2O3S2/c11-7(12)6-3-5(13-10-6)4-15-8-9-1-2-14-8/h1-3H,4H2,(H,11,12). The van der Waals surface area contributed by atoms with Crippen LogP contribution >= 0.6 is 23.1 Å². The minimum atomic E-state index is -1.08. The first-order valence-corrected chi connectivity index (χ1v) is 5.83. The first-order valence-electron chi connectivity index (χ1n) is 3.97. The molecule has 0 aliphatic rings. The Hall–Kier alpha value is -1.34. The molecule has 0 saturated heterocycles. The lowest BCUT2D eigenvalue weighted by Gasteiger charge is -1.90. The minimum Gasteiger partial charge on any atom is -0.476 e. The third kappa shape index (κ3) is 2.57. The van der Waals surface area contributed by atoms with E-state index in [-0.39, 0.29) is 5.69 Å². The topological polar surface area (TPSA) is 76.2 Å². The molecule has 0 aromatic carbocycles. The quantitative estimate of drug-likeness (QED) is 0.827. The van der Waals surface area contributed by atoms with Crippen LogP contribution in [-0.4, -0.2) is 21.2 Å². The highest BCUT2D eigenvalue weighted by atomic mass is 32.2. The van der Waals surface area contributed by atoms with E-state index >= 15 is 0 Å². The number of rotatable bonds is 4. The molecule has 0 radical (unpaired) electrons. The van der Waals surface area contributed by atoms with Gasteiger partial charge in [-0.15, -0.1) is 11.3 Å². The van der Waals surface area contributed by atoms with Gasteiger partial charge in [0.15, 0.2) is 5.69 Å². The summed E-state index contributed by atoms with van der Waals surface area (Å²) in [6, 6.07) is 1.42. The molecular formula is C8H6N2O3S2. The average Bonchev–Trinajstić information content (AvgIpc) is 2.86. The number of thiazole rings is 1. The molecule has 5 nitrogen and oxygen atoms in total. The Morgan fingerprint density at radius 2 is 2.53 bits per heavy atom. The summed E-state index contributed by atoms with van der Waals surface area (Å²) in [5, 5.41) is 13.9. The third-order valence-corrected chi connectivity index (χ3v) is 3.51. The van der Waals surface area contributed by atoms with Gasteiger partial charge in [-0.1, -0.05) is 16.9 Å². The first kappa shape index (κ1) is 10.2. The van der Waals surface area contributed by atoms with Gasteiger partial charge in [0.2, 0.25) is 0 Å². The van der Waals surface area contributed by atoms with Crippen LogP contribution in [0.4, 0.5) is 0 Å². The van der Waals surface area contributed by atoms with Crippen LogP contribution in [0, 0.1) is 0 Å². The second-order valence-electron chi connectivity index (χ2n) is 2.57. The minimum absolute atomic E-state index is 0.0651. The van der Waals surface area contributed by atoms with Gasteiger partial charge in [-0.05, 0) is 0 Å². The summed E-state index contributed by atoms with van der Waals surface area (Å²) < 4.78 is 5.77. The van der Waals surface area contributed by atoms with Crippen LogP contribution in [0.5, 0.6) is 0 Å². The van der Waals surface area contributed by atoms with E-state index in [1.807, 2.05) is 5.38 Å². The lowest BCUT2D eigenvalue weighted by molar-refractivity contribution is 0.0685. The highest BCUT2D eigenvalue weighted by Crippen LogP contribution is 2.24. The number of hydrogen-bond donors (Lipinski definition) is 1. The molecule has 78 valence electrons. The summed E-state index contributed by atoms with van der Waals surface area (Å²) in [4.78, 5) is 14.6. The van der Waals surface area contributed by atoms with Crippen LogP contribution in [0.15, 0.2) is 26.5 Å². The largest absolute Gasteiger partial charge is 0.476 e. The lowest BCUT2D eigenvalue weighted by atomic mass is 10.4. The van der Waals surface area contributed by atoms with Crippen molar-refractivity contribution in [1.29, 1.82) is 0 Å². The lowest BCUT2D eigenvalue weighted by Crippen LogP contribution is -1.94. The van der Waals surface area contributed by atoms with Gasteiger partial charge < -0.3 is 9.63 Å². The van der Waals surface area contributed by atoms with Crippen LogP contribution in [0.25, 0.3) is 0 Å². The zero-order chi connectivity index (χ0) is 10.7. The highest BCUT2D eigenvalue weighted by molar-refractivity contribution is 8.00. The van der Waals surface area contributed by atoms with Crippen molar-refractivity contribution in [3.8, 4) is 0 Å². The van der Waals surface area contributed by atoms with Gasteiger partial charge in [-0.25, -0.2) is 9.78 Å². The molecular weight excluding hydrogens is 236 g/mol. The van der Waals surface area contributed by atoms with E-state index in [1.165, 1.54) is 29.2 Å².